The van der Waals surface area contributed by atoms with Gasteiger partial charge in [0.25, 0.3) is 0 Å². The van der Waals surface area contributed by atoms with Gasteiger partial charge in [-0.3, -0.25) is 0 Å². The van der Waals surface area contributed by atoms with E-state index < -0.39 is 35.0 Å². The maximum Gasteiger partial charge on any atom is 0.402 e. The van der Waals surface area contributed by atoms with Gasteiger partial charge in [0.15, 0.2) is 0 Å². The first-order chi connectivity index (χ1) is 10.9. The van der Waals surface area contributed by atoms with Crippen LogP contribution in [0.5, 0.6) is 0 Å². The molecule has 0 aromatic carbocycles. The van der Waals surface area contributed by atoms with Gasteiger partial charge in [0, 0.05) is 7.11 Å². The summed E-state index contributed by atoms with van der Waals surface area (Å²) in [7, 11) is -2.99. The fourth-order valence-corrected chi connectivity index (χ4v) is 3.12. The predicted molar refractivity (Wildman–Crippen MR) is 81.9 cm³/mol. The number of aliphatic hydroxyl groups is 2. The van der Waals surface area contributed by atoms with Crippen LogP contribution in [0.3, 0.4) is 0 Å². The first-order valence-electron chi connectivity index (χ1n) is 7.99. The minimum Gasteiger partial charge on any atom is -0.388 e. The van der Waals surface area contributed by atoms with Crippen LogP contribution >= 0.6 is 0 Å². The Morgan fingerprint density at radius 2 is 1.78 bits per heavy atom. The van der Waals surface area contributed by atoms with Crippen molar-refractivity contribution in [3.63, 3.8) is 0 Å². The molecule has 1 saturated heterocycles. The molecule has 0 spiro atoms. The zero-order valence-electron chi connectivity index (χ0n) is 13.7. The number of ether oxygens (including phenoxy) is 2. The highest BCUT2D eigenvalue weighted by atomic mass is 32.3. The summed E-state index contributed by atoms with van der Waals surface area (Å²) in [4.78, 5) is 0. The van der Waals surface area contributed by atoms with Gasteiger partial charge in [-0.05, 0) is 6.42 Å². The number of rotatable bonds is 11. The maximum absolute atomic E-state index is 11.7. The van der Waals surface area contributed by atoms with E-state index in [0.29, 0.717) is 6.42 Å². The third-order valence-electron chi connectivity index (χ3n) is 3.64. The Labute approximate surface area is 138 Å². The smallest absolute Gasteiger partial charge is 0.388 e. The molecule has 9 heteroatoms. The monoisotopic (exact) mass is 356 g/mol. The highest BCUT2D eigenvalue weighted by Gasteiger charge is 2.42. The first-order valence-corrected chi connectivity index (χ1v) is 9.32. The Morgan fingerprint density at radius 1 is 1.13 bits per heavy atom. The summed E-state index contributed by atoms with van der Waals surface area (Å²) >= 11 is 0. The van der Waals surface area contributed by atoms with Crippen LogP contribution in [0.15, 0.2) is 0 Å². The van der Waals surface area contributed by atoms with Gasteiger partial charge in [0.2, 0.25) is 6.29 Å². The Kier molecular flexibility index (Phi) is 9.52. The van der Waals surface area contributed by atoms with Crippen molar-refractivity contribution < 1.29 is 36.5 Å². The standard InChI is InChI=1S/C14H28O8S/c1-3-4-5-6-7-8-9-21-23(17,18)22-14-12(16)13(19-2)11(15)10-20-14/h11-16H,3-10H2,1-2H3/t11-,12-,13+,14?/m1/s1. The Hall–Kier alpha value is -0.290. The molecule has 4 atom stereocenters. The highest BCUT2D eigenvalue weighted by molar-refractivity contribution is 7.81. The fourth-order valence-electron chi connectivity index (χ4n) is 2.34. The van der Waals surface area contributed by atoms with Crippen LogP contribution in [0.2, 0.25) is 0 Å². The quantitative estimate of drug-likeness (QED) is 0.521. The van der Waals surface area contributed by atoms with Crippen LogP contribution in [-0.2, 0) is 28.2 Å². The van der Waals surface area contributed by atoms with Gasteiger partial charge in [-0.1, -0.05) is 39.0 Å². The van der Waals surface area contributed by atoms with E-state index in [1.54, 1.807) is 0 Å². The largest absolute Gasteiger partial charge is 0.402 e. The minimum absolute atomic E-state index is 0.0214. The molecule has 23 heavy (non-hydrogen) atoms. The van der Waals surface area contributed by atoms with Crippen molar-refractivity contribution in [2.75, 3.05) is 20.3 Å². The average Bonchev–Trinajstić information content (AvgIpc) is 2.50. The number of hydrogen-bond donors (Lipinski definition) is 2. The van der Waals surface area contributed by atoms with Crippen molar-refractivity contribution in [2.24, 2.45) is 0 Å². The predicted octanol–water partition coefficient (Wildman–Crippen LogP) is 0.718. The zero-order chi connectivity index (χ0) is 17.3. The van der Waals surface area contributed by atoms with Crippen molar-refractivity contribution in [2.45, 2.75) is 70.1 Å². The molecule has 1 aliphatic rings. The number of methoxy groups -OCH3 is 1. The molecule has 0 saturated carbocycles. The van der Waals surface area contributed by atoms with E-state index in [0.717, 1.165) is 25.7 Å². The summed E-state index contributed by atoms with van der Waals surface area (Å²) in [6.07, 6.45) is 1.05. The molecule has 1 fully saturated rings. The summed E-state index contributed by atoms with van der Waals surface area (Å²) in [5.41, 5.74) is 0. The molecule has 1 unspecified atom stereocenters. The lowest BCUT2D eigenvalue weighted by atomic mass is 10.1. The Balaban J connectivity index is 2.31. The van der Waals surface area contributed by atoms with Crippen LogP contribution < -0.4 is 0 Å². The van der Waals surface area contributed by atoms with Crippen LogP contribution in [0, 0.1) is 0 Å². The molecular formula is C14H28O8S. The molecule has 0 amide bonds. The SMILES string of the molecule is CCCCCCCCOS(=O)(=O)OC1OC[C@@H](O)[C@H](OC)[C@H]1O. The first kappa shape index (κ1) is 20.8. The molecule has 138 valence electrons. The number of hydrogen-bond acceptors (Lipinski definition) is 8. The van der Waals surface area contributed by atoms with Crippen molar-refractivity contribution in [1.82, 2.24) is 0 Å². The topological polar surface area (TPSA) is 112 Å². The molecular weight excluding hydrogens is 328 g/mol. The Bertz CT molecular complexity index is 413. The van der Waals surface area contributed by atoms with E-state index in [1.165, 1.54) is 13.5 Å². The molecule has 0 aromatic rings. The molecule has 0 bridgehead atoms. The summed E-state index contributed by atoms with van der Waals surface area (Å²) in [5, 5.41) is 19.5. The molecule has 0 aromatic heterocycles. The second-order valence-electron chi connectivity index (χ2n) is 5.55. The molecule has 0 aliphatic carbocycles. The van der Waals surface area contributed by atoms with Gasteiger partial charge in [-0.25, -0.2) is 8.37 Å². The second kappa shape index (κ2) is 10.5. The summed E-state index contributed by atoms with van der Waals surface area (Å²) in [5.74, 6) is 0. The van der Waals surface area contributed by atoms with E-state index in [9.17, 15) is 18.6 Å². The van der Waals surface area contributed by atoms with Gasteiger partial charge in [0.05, 0.1) is 13.2 Å². The van der Waals surface area contributed by atoms with E-state index in [-0.39, 0.29) is 13.2 Å². The molecule has 0 radical (unpaired) electrons. The summed E-state index contributed by atoms with van der Waals surface area (Å²) in [6, 6.07) is 0. The summed E-state index contributed by atoms with van der Waals surface area (Å²) < 4.78 is 42.8. The Morgan fingerprint density at radius 3 is 2.43 bits per heavy atom. The van der Waals surface area contributed by atoms with Crippen molar-refractivity contribution in [3.05, 3.63) is 0 Å². The van der Waals surface area contributed by atoms with Crippen LogP contribution in [0.4, 0.5) is 0 Å². The molecule has 2 N–H and O–H groups in total. The fraction of sp³-hybridized carbons (Fsp3) is 1.00. The third kappa shape index (κ3) is 7.42. The van der Waals surface area contributed by atoms with Crippen molar-refractivity contribution in [3.8, 4) is 0 Å². The number of unbranched alkanes of at least 4 members (excludes halogenated alkanes) is 5. The van der Waals surface area contributed by atoms with Crippen LogP contribution in [-0.4, -0.2) is 63.6 Å². The van der Waals surface area contributed by atoms with E-state index in [4.69, 9.17) is 17.8 Å². The second-order valence-corrected chi connectivity index (χ2v) is 6.80. The molecule has 1 heterocycles. The van der Waals surface area contributed by atoms with Gasteiger partial charge in [0.1, 0.15) is 18.3 Å². The van der Waals surface area contributed by atoms with Crippen LogP contribution in [0.1, 0.15) is 45.4 Å². The van der Waals surface area contributed by atoms with Crippen molar-refractivity contribution in [1.29, 1.82) is 0 Å². The van der Waals surface area contributed by atoms with Gasteiger partial charge >= 0.3 is 10.4 Å². The lowest BCUT2D eigenvalue weighted by molar-refractivity contribution is -0.248. The minimum atomic E-state index is -4.28. The van der Waals surface area contributed by atoms with Gasteiger partial charge in [-0.15, -0.1) is 0 Å². The highest BCUT2D eigenvalue weighted by Crippen LogP contribution is 2.21. The summed E-state index contributed by atoms with van der Waals surface area (Å²) in [6.45, 7) is 1.95. The molecule has 1 rings (SSSR count). The average molecular weight is 356 g/mol. The van der Waals surface area contributed by atoms with E-state index in [2.05, 4.69) is 6.92 Å². The van der Waals surface area contributed by atoms with Gasteiger partial charge < -0.3 is 19.7 Å². The van der Waals surface area contributed by atoms with E-state index >= 15 is 0 Å². The van der Waals surface area contributed by atoms with Gasteiger partial charge in [-0.2, -0.15) is 8.42 Å². The normalized spacial score (nSPS) is 28.9. The lowest BCUT2D eigenvalue weighted by Gasteiger charge is -2.35. The molecule has 8 nitrogen and oxygen atoms in total. The lowest BCUT2D eigenvalue weighted by Crippen LogP contribution is -2.55. The van der Waals surface area contributed by atoms with E-state index in [1.807, 2.05) is 0 Å². The zero-order valence-corrected chi connectivity index (χ0v) is 14.5. The van der Waals surface area contributed by atoms with Crippen LogP contribution in [0.25, 0.3) is 0 Å². The third-order valence-corrected chi connectivity index (χ3v) is 4.52. The maximum atomic E-state index is 11.7. The number of aliphatic hydroxyl groups excluding tert-OH is 2. The van der Waals surface area contributed by atoms with Crippen molar-refractivity contribution >= 4 is 10.4 Å². The molecule has 1 aliphatic heterocycles.